The molecule has 2 nitrogen and oxygen atoms in total. The highest BCUT2D eigenvalue weighted by atomic mass is 35.5. The summed E-state index contributed by atoms with van der Waals surface area (Å²) in [5.74, 6) is 1.61. The van der Waals surface area contributed by atoms with Gasteiger partial charge in [-0.05, 0) is 61.9 Å². The molecule has 0 spiro atoms. The number of hydrogen-bond donors (Lipinski definition) is 1. The van der Waals surface area contributed by atoms with E-state index < -0.39 is 0 Å². The van der Waals surface area contributed by atoms with E-state index in [1.54, 1.807) is 0 Å². The molecule has 0 amide bonds. The van der Waals surface area contributed by atoms with E-state index in [2.05, 4.69) is 24.8 Å². The van der Waals surface area contributed by atoms with Gasteiger partial charge in [0.05, 0.1) is 10.0 Å². The normalized spacial score (nSPS) is 22.3. The van der Waals surface area contributed by atoms with Gasteiger partial charge in [0.1, 0.15) is 0 Å². The molecule has 0 aliphatic carbocycles. The van der Waals surface area contributed by atoms with Crippen LogP contribution in [0.1, 0.15) is 44.7 Å². The maximum atomic E-state index is 6.16. The van der Waals surface area contributed by atoms with Crippen LogP contribution in [0.4, 0.5) is 0 Å². The minimum absolute atomic E-state index is 0.241. The van der Waals surface area contributed by atoms with Crippen molar-refractivity contribution >= 4 is 23.2 Å². The summed E-state index contributed by atoms with van der Waals surface area (Å²) in [5, 5.41) is 1.22. The number of likely N-dealkylation sites (tertiary alicyclic amines) is 1. The number of nitrogens with zero attached hydrogens (tertiary/aromatic N) is 1. The molecule has 2 N–H and O–H groups in total. The van der Waals surface area contributed by atoms with Crippen molar-refractivity contribution in [3.8, 4) is 0 Å². The fourth-order valence-electron chi connectivity index (χ4n) is 3.34. The van der Waals surface area contributed by atoms with Crippen molar-refractivity contribution in [2.45, 2.75) is 39.2 Å². The van der Waals surface area contributed by atoms with E-state index in [0.29, 0.717) is 16.6 Å². The molecule has 0 radical (unpaired) electrons. The van der Waals surface area contributed by atoms with Gasteiger partial charge in [0, 0.05) is 12.6 Å². The van der Waals surface area contributed by atoms with Gasteiger partial charge in [-0.2, -0.15) is 0 Å². The Morgan fingerprint density at radius 3 is 2.57 bits per heavy atom. The summed E-state index contributed by atoms with van der Waals surface area (Å²) in [6, 6.07) is 6.13. The van der Waals surface area contributed by atoms with Gasteiger partial charge < -0.3 is 5.73 Å². The fourth-order valence-corrected chi connectivity index (χ4v) is 3.64. The van der Waals surface area contributed by atoms with Gasteiger partial charge in [0.25, 0.3) is 0 Å². The lowest BCUT2D eigenvalue weighted by atomic mass is 9.89. The molecule has 21 heavy (non-hydrogen) atoms. The second kappa shape index (κ2) is 7.82. The summed E-state index contributed by atoms with van der Waals surface area (Å²) >= 11 is 12.2. The Bertz CT molecular complexity index is 462. The maximum absolute atomic E-state index is 6.16. The third-order valence-electron chi connectivity index (χ3n) is 4.74. The zero-order chi connectivity index (χ0) is 15.4. The molecule has 2 rings (SSSR count). The van der Waals surface area contributed by atoms with Crippen molar-refractivity contribution < 1.29 is 0 Å². The topological polar surface area (TPSA) is 29.3 Å². The van der Waals surface area contributed by atoms with Crippen LogP contribution in [0.3, 0.4) is 0 Å². The second-order valence-electron chi connectivity index (χ2n) is 6.40. The first kappa shape index (κ1) is 17.1. The predicted molar refractivity (Wildman–Crippen MR) is 92.0 cm³/mol. The van der Waals surface area contributed by atoms with Gasteiger partial charge in [0.15, 0.2) is 0 Å². The molecular weight excluding hydrogens is 303 g/mol. The van der Waals surface area contributed by atoms with Crippen molar-refractivity contribution in [1.29, 1.82) is 0 Å². The predicted octanol–water partition coefficient (Wildman–Crippen LogP) is 4.75. The lowest BCUT2D eigenvalue weighted by molar-refractivity contribution is 0.204. The van der Waals surface area contributed by atoms with E-state index in [9.17, 15) is 0 Å². The first-order chi connectivity index (χ1) is 10.0. The van der Waals surface area contributed by atoms with Crippen molar-refractivity contribution in [2.24, 2.45) is 17.6 Å². The standard InChI is InChI=1S/C17H26Cl2N2/c1-12(2)13-4-3-8-21(9-7-13)17(11-20)14-5-6-15(18)16(19)10-14/h5-6,10,12-13,17H,3-4,7-9,11,20H2,1-2H3. The van der Waals surface area contributed by atoms with Crippen molar-refractivity contribution in [2.75, 3.05) is 19.6 Å². The van der Waals surface area contributed by atoms with Crippen LogP contribution in [0.5, 0.6) is 0 Å². The highest BCUT2D eigenvalue weighted by Crippen LogP contribution is 2.31. The molecule has 1 aliphatic heterocycles. The first-order valence-corrected chi connectivity index (χ1v) is 8.67. The van der Waals surface area contributed by atoms with Crippen LogP contribution in [0.2, 0.25) is 10.0 Å². The van der Waals surface area contributed by atoms with Crippen LogP contribution in [-0.4, -0.2) is 24.5 Å². The average molecular weight is 329 g/mol. The highest BCUT2D eigenvalue weighted by molar-refractivity contribution is 6.42. The maximum Gasteiger partial charge on any atom is 0.0595 e. The second-order valence-corrected chi connectivity index (χ2v) is 7.21. The number of hydrogen-bond acceptors (Lipinski definition) is 2. The van der Waals surface area contributed by atoms with Gasteiger partial charge >= 0.3 is 0 Å². The molecule has 1 fully saturated rings. The fraction of sp³-hybridized carbons (Fsp3) is 0.647. The molecule has 1 heterocycles. The Balaban J connectivity index is 2.11. The number of nitrogens with two attached hydrogens (primary N) is 1. The van der Waals surface area contributed by atoms with Crippen molar-refractivity contribution in [1.82, 2.24) is 4.90 Å². The molecule has 118 valence electrons. The third kappa shape index (κ3) is 4.35. The van der Waals surface area contributed by atoms with E-state index >= 15 is 0 Å². The van der Waals surface area contributed by atoms with Crippen molar-refractivity contribution in [3.63, 3.8) is 0 Å². The zero-order valence-corrected chi connectivity index (χ0v) is 14.5. The molecule has 1 aromatic carbocycles. The number of rotatable bonds is 4. The third-order valence-corrected chi connectivity index (χ3v) is 5.48. The Labute approximate surface area is 138 Å². The molecular formula is C17H26Cl2N2. The van der Waals surface area contributed by atoms with Gasteiger partial charge in [-0.3, -0.25) is 4.90 Å². The minimum atomic E-state index is 0.241. The number of halogens is 2. The van der Waals surface area contributed by atoms with Gasteiger partial charge in [-0.1, -0.05) is 43.1 Å². The molecule has 1 aromatic rings. The molecule has 1 saturated heterocycles. The quantitative estimate of drug-likeness (QED) is 0.863. The smallest absolute Gasteiger partial charge is 0.0595 e. The Morgan fingerprint density at radius 1 is 1.19 bits per heavy atom. The van der Waals surface area contributed by atoms with Gasteiger partial charge in [-0.15, -0.1) is 0 Å². The molecule has 1 aliphatic rings. The summed E-state index contributed by atoms with van der Waals surface area (Å²) in [6.07, 6.45) is 3.84. The van der Waals surface area contributed by atoms with Crippen LogP contribution in [0, 0.1) is 11.8 Å². The first-order valence-electron chi connectivity index (χ1n) is 7.92. The van der Waals surface area contributed by atoms with Crippen LogP contribution >= 0.6 is 23.2 Å². The molecule has 2 unspecified atom stereocenters. The average Bonchev–Trinajstić information content (AvgIpc) is 2.70. The summed E-state index contributed by atoms with van der Waals surface area (Å²) < 4.78 is 0. The van der Waals surface area contributed by atoms with Gasteiger partial charge in [-0.25, -0.2) is 0 Å². The summed E-state index contributed by atoms with van der Waals surface area (Å²) in [5.41, 5.74) is 7.23. The van der Waals surface area contributed by atoms with Crippen LogP contribution in [-0.2, 0) is 0 Å². The van der Waals surface area contributed by atoms with Crippen LogP contribution < -0.4 is 5.73 Å². The Hall–Kier alpha value is -0.280. The van der Waals surface area contributed by atoms with Crippen LogP contribution in [0.15, 0.2) is 18.2 Å². The minimum Gasteiger partial charge on any atom is -0.329 e. The number of benzene rings is 1. The molecule has 0 bridgehead atoms. The van der Waals surface area contributed by atoms with Gasteiger partial charge in [0.2, 0.25) is 0 Å². The molecule has 4 heteroatoms. The van der Waals surface area contributed by atoms with Crippen molar-refractivity contribution in [3.05, 3.63) is 33.8 Å². The molecule has 0 saturated carbocycles. The lowest BCUT2D eigenvalue weighted by Gasteiger charge is -2.30. The highest BCUT2D eigenvalue weighted by Gasteiger charge is 2.25. The monoisotopic (exact) mass is 328 g/mol. The van der Waals surface area contributed by atoms with E-state index in [-0.39, 0.29) is 6.04 Å². The summed E-state index contributed by atoms with van der Waals surface area (Å²) in [4.78, 5) is 2.52. The van der Waals surface area contributed by atoms with Crippen LogP contribution in [0.25, 0.3) is 0 Å². The van der Waals surface area contributed by atoms with E-state index in [4.69, 9.17) is 28.9 Å². The Kier molecular flexibility index (Phi) is 6.36. The van der Waals surface area contributed by atoms with E-state index in [0.717, 1.165) is 24.9 Å². The molecule has 0 aromatic heterocycles. The summed E-state index contributed by atoms with van der Waals surface area (Å²) in [6.45, 7) is 7.51. The Morgan fingerprint density at radius 2 is 1.95 bits per heavy atom. The SMILES string of the molecule is CC(C)C1CCCN(C(CN)c2ccc(Cl)c(Cl)c2)CC1. The van der Waals surface area contributed by atoms with E-state index in [1.807, 2.05) is 12.1 Å². The lowest BCUT2D eigenvalue weighted by Crippen LogP contribution is -2.34. The largest absolute Gasteiger partial charge is 0.329 e. The molecule has 2 atom stereocenters. The van der Waals surface area contributed by atoms with E-state index in [1.165, 1.54) is 24.8 Å². The summed E-state index contributed by atoms with van der Waals surface area (Å²) in [7, 11) is 0. The zero-order valence-electron chi connectivity index (χ0n) is 13.0.